The number of ether oxygens (including phenoxy) is 1. The normalized spacial score (nSPS) is 24.9. The van der Waals surface area contributed by atoms with Gasteiger partial charge in [0.15, 0.2) is 5.82 Å². The minimum atomic E-state index is -1.44. The molecule has 1 aliphatic heterocycles. The van der Waals surface area contributed by atoms with Crippen molar-refractivity contribution < 1.29 is 13.3 Å². The number of anilines is 1. The van der Waals surface area contributed by atoms with Gasteiger partial charge in [-0.15, -0.1) is 0 Å². The summed E-state index contributed by atoms with van der Waals surface area (Å²) in [6.07, 6.45) is 2.85. The highest BCUT2D eigenvalue weighted by molar-refractivity contribution is 7.83. The summed E-state index contributed by atoms with van der Waals surface area (Å²) in [4.78, 5) is 9.75. The van der Waals surface area contributed by atoms with E-state index in [9.17, 15) is 8.60 Å². The molecule has 1 fully saturated rings. The van der Waals surface area contributed by atoms with E-state index in [-0.39, 0.29) is 17.5 Å². The third-order valence-corrected chi connectivity index (χ3v) is 4.06. The fourth-order valence-electron chi connectivity index (χ4n) is 2.29. The van der Waals surface area contributed by atoms with Crippen molar-refractivity contribution in [2.45, 2.75) is 37.7 Å². The van der Waals surface area contributed by atoms with Gasteiger partial charge in [-0.1, -0.05) is 0 Å². The molecule has 2 N–H and O–H groups in total. The molecule has 0 amide bonds. The number of hydrogen-bond acceptors (Lipinski definition) is 5. The lowest BCUT2D eigenvalue weighted by Gasteiger charge is -2.37. The third kappa shape index (κ3) is 3.94. The van der Waals surface area contributed by atoms with Crippen molar-refractivity contribution in [3.8, 4) is 0 Å². The topological polar surface area (TPSA) is 81.3 Å². The van der Waals surface area contributed by atoms with Crippen LogP contribution in [0.15, 0.2) is 12.4 Å². The zero-order chi connectivity index (χ0) is 14.7. The molecule has 0 saturated carbocycles. The van der Waals surface area contributed by atoms with Crippen LogP contribution in [-0.2, 0) is 15.7 Å². The molecule has 6 nitrogen and oxygen atoms in total. The van der Waals surface area contributed by atoms with Gasteiger partial charge in [0.1, 0.15) is 0 Å². The SMILES string of the molecule is CC(C)O[C@H]1C[C@H](S(N)=O)CN(c2ncc(F)cn2)C1. The number of nitrogens with two attached hydrogens (primary N) is 1. The second-order valence-electron chi connectivity index (χ2n) is 5.10. The predicted octanol–water partition coefficient (Wildman–Crippen LogP) is 0.610. The van der Waals surface area contributed by atoms with E-state index in [1.54, 1.807) is 0 Å². The molecule has 1 aliphatic rings. The molecule has 8 heteroatoms. The number of halogens is 1. The lowest BCUT2D eigenvalue weighted by Crippen LogP contribution is -2.50. The Morgan fingerprint density at radius 1 is 1.45 bits per heavy atom. The maximum absolute atomic E-state index is 12.9. The molecule has 1 saturated heterocycles. The van der Waals surface area contributed by atoms with Gasteiger partial charge in [-0.25, -0.2) is 18.6 Å². The molecule has 112 valence electrons. The van der Waals surface area contributed by atoms with Gasteiger partial charge in [0.2, 0.25) is 5.95 Å². The van der Waals surface area contributed by atoms with Crippen molar-refractivity contribution in [2.75, 3.05) is 18.0 Å². The van der Waals surface area contributed by atoms with Crippen LogP contribution in [0.3, 0.4) is 0 Å². The van der Waals surface area contributed by atoms with Crippen LogP contribution in [-0.4, -0.2) is 44.7 Å². The Kier molecular flexibility index (Phi) is 5.00. The Hall–Kier alpha value is -1.12. The summed E-state index contributed by atoms with van der Waals surface area (Å²) in [5, 5.41) is 5.31. The van der Waals surface area contributed by atoms with Crippen molar-refractivity contribution in [1.29, 1.82) is 0 Å². The number of rotatable bonds is 4. The Balaban J connectivity index is 2.14. The third-order valence-electron chi connectivity index (χ3n) is 3.06. The standard InChI is InChI=1S/C12H19FN4O2S/c1-8(2)19-10-3-11(20(14)18)7-17(6-10)12-15-4-9(13)5-16-12/h4-5,8,10-11H,3,6-7,14H2,1-2H3/t10-,11-,20?/m0/s1. The van der Waals surface area contributed by atoms with Crippen molar-refractivity contribution in [2.24, 2.45) is 5.14 Å². The molecule has 0 aliphatic carbocycles. The first-order valence-corrected chi connectivity index (χ1v) is 7.76. The number of piperidine rings is 1. The average molecular weight is 302 g/mol. The van der Waals surface area contributed by atoms with Gasteiger partial charge in [0.25, 0.3) is 0 Å². The fraction of sp³-hybridized carbons (Fsp3) is 0.667. The summed E-state index contributed by atoms with van der Waals surface area (Å²) >= 11 is 0. The predicted molar refractivity (Wildman–Crippen MR) is 74.9 cm³/mol. The van der Waals surface area contributed by atoms with Crippen LogP contribution >= 0.6 is 0 Å². The Bertz CT molecular complexity index is 471. The number of aromatic nitrogens is 2. The Labute approximate surface area is 120 Å². The monoisotopic (exact) mass is 302 g/mol. The largest absolute Gasteiger partial charge is 0.374 e. The highest BCUT2D eigenvalue weighted by Gasteiger charge is 2.32. The molecule has 0 aromatic carbocycles. The first kappa shape index (κ1) is 15.3. The van der Waals surface area contributed by atoms with E-state index in [0.29, 0.717) is 25.5 Å². The van der Waals surface area contributed by atoms with E-state index in [2.05, 4.69) is 9.97 Å². The van der Waals surface area contributed by atoms with Gasteiger partial charge in [-0.2, -0.15) is 0 Å². The molecular formula is C12H19FN4O2S. The zero-order valence-corrected chi connectivity index (χ0v) is 12.3. The second kappa shape index (κ2) is 6.55. The zero-order valence-electron chi connectivity index (χ0n) is 11.5. The van der Waals surface area contributed by atoms with Crippen LogP contribution < -0.4 is 10.0 Å². The number of hydrogen-bond donors (Lipinski definition) is 1. The van der Waals surface area contributed by atoms with E-state index in [1.165, 1.54) is 0 Å². The van der Waals surface area contributed by atoms with Crippen LogP contribution in [0.25, 0.3) is 0 Å². The summed E-state index contributed by atoms with van der Waals surface area (Å²) in [5.41, 5.74) is 0. The van der Waals surface area contributed by atoms with Gasteiger partial charge in [0, 0.05) is 13.1 Å². The number of nitrogens with zero attached hydrogens (tertiary/aromatic N) is 3. The Morgan fingerprint density at radius 2 is 2.10 bits per heavy atom. The lowest BCUT2D eigenvalue weighted by atomic mass is 10.1. The highest BCUT2D eigenvalue weighted by atomic mass is 32.2. The summed E-state index contributed by atoms with van der Waals surface area (Å²) in [7, 11) is -1.44. The van der Waals surface area contributed by atoms with E-state index in [0.717, 1.165) is 12.4 Å². The second-order valence-corrected chi connectivity index (χ2v) is 6.42. The molecule has 20 heavy (non-hydrogen) atoms. The summed E-state index contributed by atoms with van der Waals surface area (Å²) in [6, 6.07) is 0. The summed E-state index contributed by atoms with van der Waals surface area (Å²) in [5.74, 6) is -0.0846. The highest BCUT2D eigenvalue weighted by Crippen LogP contribution is 2.21. The molecule has 1 aromatic heterocycles. The molecule has 0 radical (unpaired) electrons. The molecule has 2 rings (SSSR count). The minimum absolute atomic E-state index is 0.0703. The van der Waals surface area contributed by atoms with Crippen molar-refractivity contribution >= 4 is 16.9 Å². The van der Waals surface area contributed by atoms with Crippen LogP contribution in [0.1, 0.15) is 20.3 Å². The van der Waals surface area contributed by atoms with Crippen LogP contribution in [0.4, 0.5) is 10.3 Å². The quantitative estimate of drug-likeness (QED) is 0.881. The first-order chi connectivity index (χ1) is 9.45. The van der Waals surface area contributed by atoms with Crippen molar-refractivity contribution in [3.63, 3.8) is 0 Å². The van der Waals surface area contributed by atoms with E-state index in [1.807, 2.05) is 18.7 Å². The fourth-order valence-corrected chi connectivity index (χ4v) is 3.02. The van der Waals surface area contributed by atoms with Gasteiger partial charge in [-0.3, -0.25) is 5.14 Å². The maximum Gasteiger partial charge on any atom is 0.225 e. The van der Waals surface area contributed by atoms with E-state index >= 15 is 0 Å². The van der Waals surface area contributed by atoms with Crippen LogP contribution in [0.5, 0.6) is 0 Å². The van der Waals surface area contributed by atoms with Gasteiger partial charge in [0.05, 0.1) is 40.8 Å². The molecular weight excluding hydrogens is 283 g/mol. The van der Waals surface area contributed by atoms with Crippen LogP contribution in [0.2, 0.25) is 0 Å². The summed E-state index contributed by atoms with van der Waals surface area (Å²) < 4.78 is 30.2. The minimum Gasteiger partial charge on any atom is -0.374 e. The first-order valence-electron chi connectivity index (χ1n) is 6.48. The summed E-state index contributed by atoms with van der Waals surface area (Å²) in [6.45, 7) is 4.95. The lowest BCUT2D eigenvalue weighted by molar-refractivity contribution is 0.00169. The van der Waals surface area contributed by atoms with Gasteiger partial charge >= 0.3 is 0 Å². The molecule has 2 heterocycles. The van der Waals surface area contributed by atoms with Gasteiger partial charge in [-0.05, 0) is 20.3 Å². The average Bonchev–Trinajstić information content (AvgIpc) is 2.38. The molecule has 1 unspecified atom stereocenters. The van der Waals surface area contributed by atoms with Crippen LogP contribution in [0, 0.1) is 5.82 Å². The Morgan fingerprint density at radius 3 is 2.65 bits per heavy atom. The van der Waals surface area contributed by atoms with Gasteiger partial charge < -0.3 is 9.64 Å². The van der Waals surface area contributed by atoms with E-state index < -0.39 is 16.8 Å². The molecule has 1 aromatic rings. The van der Waals surface area contributed by atoms with E-state index in [4.69, 9.17) is 9.88 Å². The van der Waals surface area contributed by atoms with Crippen molar-refractivity contribution in [1.82, 2.24) is 9.97 Å². The smallest absolute Gasteiger partial charge is 0.225 e. The molecule has 0 bridgehead atoms. The molecule has 0 spiro atoms. The maximum atomic E-state index is 12.9. The van der Waals surface area contributed by atoms with Crippen molar-refractivity contribution in [3.05, 3.63) is 18.2 Å². The molecule has 3 atom stereocenters.